The summed E-state index contributed by atoms with van der Waals surface area (Å²) in [5, 5.41) is 3.28. The quantitative estimate of drug-likeness (QED) is 0.795. The summed E-state index contributed by atoms with van der Waals surface area (Å²) in [6.45, 7) is 4.94. The summed E-state index contributed by atoms with van der Waals surface area (Å²) >= 11 is 3.34. The van der Waals surface area contributed by atoms with Crippen LogP contribution in [0.15, 0.2) is 21.5 Å². The predicted octanol–water partition coefficient (Wildman–Crippen LogP) is 2.26. The molecular formula is C14H22BrClN2O4S. The SMILES string of the molecule is COc1cc(OC)c(S(=O)(=O)N2CCNC(C)C2C)cc1Br.Cl. The molecule has 1 aromatic carbocycles. The van der Waals surface area contributed by atoms with Crippen molar-refractivity contribution in [3.63, 3.8) is 0 Å². The maximum atomic E-state index is 13.0. The molecule has 0 bridgehead atoms. The Labute approximate surface area is 152 Å². The second-order valence-electron chi connectivity index (χ2n) is 5.24. The van der Waals surface area contributed by atoms with Crippen molar-refractivity contribution in [2.45, 2.75) is 30.8 Å². The molecule has 1 aliphatic heterocycles. The molecule has 1 N–H and O–H groups in total. The molecule has 6 nitrogen and oxygen atoms in total. The van der Waals surface area contributed by atoms with Crippen LogP contribution in [0.5, 0.6) is 11.5 Å². The molecule has 9 heteroatoms. The molecular weight excluding hydrogens is 408 g/mol. The topological polar surface area (TPSA) is 67.9 Å². The summed E-state index contributed by atoms with van der Waals surface area (Å²) < 4.78 is 38.6. The molecule has 0 amide bonds. The zero-order valence-electron chi connectivity index (χ0n) is 13.5. The van der Waals surface area contributed by atoms with E-state index in [1.165, 1.54) is 24.6 Å². The first-order valence-corrected chi connectivity index (χ1v) is 9.23. The van der Waals surface area contributed by atoms with E-state index in [0.717, 1.165) is 0 Å². The Morgan fingerprint density at radius 3 is 2.39 bits per heavy atom. The monoisotopic (exact) mass is 428 g/mol. The Morgan fingerprint density at radius 1 is 1.22 bits per heavy atom. The van der Waals surface area contributed by atoms with E-state index >= 15 is 0 Å². The first kappa shape index (κ1) is 20.5. The number of hydrogen-bond acceptors (Lipinski definition) is 5. The van der Waals surface area contributed by atoms with Crippen molar-refractivity contribution < 1.29 is 17.9 Å². The largest absolute Gasteiger partial charge is 0.495 e. The number of hydrogen-bond donors (Lipinski definition) is 1. The van der Waals surface area contributed by atoms with E-state index < -0.39 is 10.0 Å². The first-order chi connectivity index (χ1) is 10.3. The molecule has 2 atom stereocenters. The molecule has 2 rings (SSSR count). The van der Waals surface area contributed by atoms with E-state index in [2.05, 4.69) is 21.2 Å². The Kier molecular flexibility index (Phi) is 7.15. The first-order valence-electron chi connectivity index (χ1n) is 6.99. The number of nitrogens with zero attached hydrogens (tertiary/aromatic N) is 1. The minimum atomic E-state index is -3.65. The summed E-state index contributed by atoms with van der Waals surface area (Å²) in [7, 11) is -0.680. The molecule has 1 aromatic rings. The maximum Gasteiger partial charge on any atom is 0.247 e. The fraction of sp³-hybridized carbons (Fsp3) is 0.571. The van der Waals surface area contributed by atoms with E-state index in [-0.39, 0.29) is 35.1 Å². The van der Waals surface area contributed by atoms with Gasteiger partial charge in [0.05, 0.1) is 18.7 Å². The van der Waals surface area contributed by atoms with Crippen LogP contribution in [0, 0.1) is 0 Å². The van der Waals surface area contributed by atoms with Crippen LogP contribution >= 0.6 is 28.3 Å². The minimum absolute atomic E-state index is 0. The molecule has 0 spiro atoms. The van der Waals surface area contributed by atoms with E-state index in [9.17, 15) is 8.42 Å². The van der Waals surface area contributed by atoms with Gasteiger partial charge in [-0.2, -0.15) is 4.31 Å². The third-order valence-corrected chi connectivity index (χ3v) is 6.63. The van der Waals surface area contributed by atoms with Gasteiger partial charge in [-0.05, 0) is 35.8 Å². The molecule has 132 valence electrons. The van der Waals surface area contributed by atoms with Crippen LogP contribution in [-0.2, 0) is 10.0 Å². The zero-order chi connectivity index (χ0) is 16.5. The number of nitrogens with one attached hydrogen (secondary N) is 1. The molecule has 1 fully saturated rings. The van der Waals surface area contributed by atoms with Crippen LogP contribution in [0.3, 0.4) is 0 Å². The third kappa shape index (κ3) is 3.93. The van der Waals surface area contributed by atoms with Crippen molar-refractivity contribution >= 4 is 38.4 Å². The molecule has 23 heavy (non-hydrogen) atoms. The highest BCUT2D eigenvalue weighted by molar-refractivity contribution is 9.10. The highest BCUT2D eigenvalue weighted by Crippen LogP contribution is 2.37. The highest BCUT2D eigenvalue weighted by Gasteiger charge is 2.36. The Morgan fingerprint density at radius 2 is 1.83 bits per heavy atom. The van der Waals surface area contributed by atoms with Gasteiger partial charge < -0.3 is 14.8 Å². The molecule has 1 heterocycles. The normalized spacial score (nSPS) is 22.3. The van der Waals surface area contributed by atoms with Crippen LogP contribution in [0.1, 0.15) is 13.8 Å². The number of ether oxygens (including phenoxy) is 2. The lowest BCUT2D eigenvalue weighted by molar-refractivity contribution is 0.232. The van der Waals surface area contributed by atoms with Crippen molar-refractivity contribution in [2.24, 2.45) is 0 Å². The number of benzene rings is 1. The number of piperazine rings is 1. The Balaban J connectivity index is 0.00000264. The van der Waals surface area contributed by atoms with Crippen LogP contribution in [0.4, 0.5) is 0 Å². The summed E-state index contributed by atoms with van der Waals surface area (Å²) in [5.74, 6) is 0.802. The molecule has 1 saturated heterocycles. The predicted molar refractivity (Wildman–Crippen MR) is 95.3 cm³/mol. The van der Waals surface area contributed by atoms with E-state index in [1.807, 2.05) is 13.8 Å². The molecule has 0 saturated carbocycles. The lowest BCUT2D eigenvalue weighted by Gasteiger charge is -2.37. The lowest BCUT2D eigenvalue weighted by Crippen LogP contribution is -2.57. The maximum absolute atomic E-state index is 13.0. The van der Waals surface area contributed by atoms with Gasteiger partial charge >= 0.3 is 0 Å². The number of methoxy groups -OCH3 is 2. The van der Waals surface area contributed by atoms with Crippen LogP contribution < -0.4 is 14.8 Å². The average molecular weight is 430 g/mol. The smallest absolute Gasteiger partial charge is 0.247 e. The minimum Gasteiger partial charge on any atom is -0.495 e. The Hall–Kier alpha value is -0.540. The van der Waals surface area contributed by atoms with Gasteiger partial charge in [-0.3, -0.25) is 0 Å². The molecule has 2 unspecified atom stereocenters. The van der Waals surface area contributed by atoms with Gasteiger partial charge in [-0.15, -0.1) is 12.4 Å². The van der Waals surface area contributed by atoms with Crippen LogP contribution in [-0.4, -0.2) is 52.1 Å². The van der Waals surface area contributed by atoms with Gasteiger partial charge in [0, 0.05) is 31.2 Å². The highest BCUT2D eigenvalue weighted by atomic mass is 79.9. The van der Waals surface area contributed by atoms with Crippen LogP contribution in [0.2, 0.25) is 0 Å². The lowest BCUT2D eigenvalue weighted by atomic mass is 10.1. The van der Waals surface area contributed by atoms with Crippen molar-refractivity contribution in [3.8, 4) is 11.5 Å². The summed E-state index contributed by atoms with van der Waals surface area (Å²) in [4.78, 5) is 0.142. The number of rotatable bonds is 4. The molecule has 1 aliphatic rings. The van der Waals surface area contributed by atoms with E-state index in [0.29, 0.717) is 23.3 Å². The second kappa shape index (κ2) is 8.02. The van der Waals surface area contributed by atoms with Gasteiger partial charge in [0.15, 0.2) is 0 Å². The zero-order valence-corrected chi connectivity index (χ0v) is 16.7. The number of sulfonamides is 1. The van der Waals surface area contributed by atoms with Gasteiger partial charge in [0.2, 0.25) is 10.0 Å². The fourth-order valence-electron chi connectivity index (χ4n) is 2.53. The van der Waals surface area contributed by atoms with E-state index in [1.54, 1.807) is 6.07 Å². The third-order valence-electron chi connectivity index (χ3n) is 4.00. The van der Waals surface area contributed by atoms with Gasteiger partial charge in [-0.1, -0.05) is 0 Å². The van der Waals surface area contributed by atoms with Gasteiger partial charge in [-0.25, -0.2) is 8.42 Å². The van der Waals surface area contributed by atoms with Crippen LogP contribution in [0.25, 0.3) is 0 Å². The van der Waals surface area contributed by atoms with Crippen molar-refractivity contribution in [1.29, 1.82) is 0 Å². The summed E-state index contributed by atoms with van der Waals surface area (Å²) in [6.07, 6.45) is 0. The average Bonchev–Trinajstić information content (AvgIpc) is 2.49. The summed E-state index contributed by atoms with van der Waals surface area (Å²) in [6, 6.07) is 3.07. The van der Waals surface area contributed by atoms with Gasteiger partial charge in [0.1, 0.15) is 16.4 Å². The van der Waals surface area contributed by atoms with Crippen molar-refractivity contribution in [1.82, 2.24) is 9.62 Å². The Bertz CT molecular complexity index is 656. The second-order valence-corrected chi connectivity index (χ2v) is 7.95. The van der Waals surface area contributed by atoms with Gasteiger partial charge in [0.25, 0.3) is 0 Å². The molecule has 0 radical (unpaired) electrons. The van der Waals surface area contributed by atoms with E-state index in [4.69, 9.17) is 9.47 Å². The number of halogens is 2. The molecule has 0 aliphatic carbocycles. The molecule has 0 aromatic heterocycles. The fourth-order valence-corrected chi connectivity index (χ4v) is 5.05. The van der Waals surface area contributed by atoms with Crippen molar-refractivity contribution in [2.75, 3.05) is 27.3 Å². The van der Waals surface area contributed by atoms with Crippen molar-refractivity contribution in [3.05, 3.63) is 16.6 Å². The summed E-state index contributed by atoms with van der Waals surface area (Å²) in [5.41, 5.74) is 0. The standard InChI is InChI=1S/C14H21BrN2O4S.ClH/c1-9-10(2)17(6-5-16-9)22(18,19)14-7-11(15)12(20-3)8-13(14)21-4;/h7-10,16H,5-6H2,1-4H3;1H.